The first kappa shape index (κ1) is 11.8. The number of benzene rings is 1. The predicted molar refractivity (Wildman–Crippen MR) is 58.5 cm³/mol. The van der Waals surface area contributed by atoms with Gasteiger partial charge in [0, 0.05) is 0 Å². The van der Waals surface area contributed by atoms with Gasteiger partial charge in [0.2, 0.25) is 10.0 Å². The molecule has 0 unspecified atom stereocenters. The van der Waals surface area contributed by atoms with Gasteiger partial charge in [-0.25, -0.2) is 12.8 Å². The van der Waals surface area contributed by atoms with Crippen molar-refractivity contribution in [2.75, 3.05) is 16.2 Å². The second-order valence-corrected chi connectivity index (χ2v) is 4.99. The summed E-state index contributed by atoms with van der Waals surface area (Å²) >= 11 is 0. The minimum atomic E-state index is -3.37. The molecule has 0 aliphatic carbocycles. The van der Waals surface area contributed by atoms with E-state index in [0.29, 0.717) is 6.42 Å². The number of nitrogens with one attached hydrogen (secondary N) is 1. The minimum Gasteiger partial charge on any atom is -0.397 e. The molecule has 0 aromatic heterocycles. The maximum absolute atomic E-state index is 12.7. The van der Waals surface area contributed by atoms with Gasteiger partial charge < -0.3 is 5.73 Å². The number of sulfonamides is 1. The van der Waals surface area contributed by atoms with Gasteiger partial charge in [0.25, 0.3) is 0 Å². The van der Waals surface area contributed by atoms with Crippen LogP contribution in [0.3, 0.4) is 0 Å². The Morgan fingerprint density at radius 2 is 2.13 bits per heavy atom. The van der Waals surface area contributed by atoms with Crippen LogP contribution in [0.4, 0.5) is 15.8 Å². The van der Waals surface area contributed by atoms with E-state index in [1.807, 2.05) is 0 Å². The van der Waals surface area contributed by atoms with Gasteiger partial charge in [-0.1, -0.05) is 6.92 Å². The first-order valence-corrected chi connectivity index (χ1v) is 6.15. The fourth-order valence-electron chi connectivity index (χ4n) is 1.11. The average Bonchev–Trinajstić information content (AvgIpc) is 2.09. The molecule has 0 spiro atoms. The van der Waals surface area contributed by atoms with E-state index in [2.05, 4.69) is 4.72 Å². The van der Waals surface area contributed by atoms with Crippen molar-refractivity contribution in [2.24, 2.45) is 0 Å². The topological polar surface area (TPSA) is 72.2 Å². The zero-order valence-electron chi connectivity index (χ0n) is 8.33. The smallest absolute Gasteiger partial charge is 0.232 e. The third-order valence-electron chi connectivity index (χ3n) is 1.75. The molecule has 0 aliphatic heterocycles. The summed E-state index contributed by atoms with van der Waals surface area (Å²) in [4.78, 5) is 0. The molecular formula is C9H13FN2O2S. The number of nitrogen functional groups attached to an aromatic ring is 1. The van der Waals surface area contributed by atoms with Crippen molar-refractivity contribution in [3.8, 4) is 0 Å². The Bertz CT molecular complexity index is 445. The predicted octanol–water partition coefficient (Wildman–Crippen LogP) is 1.56. The van der Waals surface area contributed by atoms with E-state index in [0.717, 1.165) is 12.1 Å². The van der Waals surface area contributed by atoms with Crippen LogP contribution in [0, 0.1) is 5.82 Å². The van der Waals surface area contributed by atoms with Crippen LogP contribution >= 0.6 is 0 Å². The highest BCUT2D eigenvalue weighted by Crippen LogP contribution is 2.20. The molecule has 0 atom stereocenters. The first-order valence-electron chi connectivity index (χ1n) is 4.50. The van der Waals surface area contributed by atoms with Gasteiger partial charge in [-0.05, 0) is 24.6 Å². The number of hydrogen-bond donors (Lipinski definition) is 2. The van der Waals surface area contributed by atoms with Crippen LogP contribution in [0.1, 0.15) is 13.3 Å². The zero-order chi connectivity index (χ0) is 11.5. The van der Waals surface area contributed by atoms with E-state index >= 15 is 0 Å². The van der Waals surface area contributed by atoms with Gasteiger partial charge in [0.15, 0.2) is 0 Å². The van der Waals surface area contributed by atoms with Crippen LogP contribution in [-0.4, -0.2) is 14.2 Å². The largest absolute Gasteiger partial charge is 0.397 e. The molecule has 0 amide bonds. The van der Waals surface area contributed by atoms with E-state index < -0.39 is 15.8 Å². The van der Waals surface area contributed by atoms with Crippen molar-refractivity contribution in [1.82, 2.24) is 0 Å². The number of anilines is 2. The fraction of sp³-hybridized carbons (Fsp3) is 0.333. The Balaban J connectivity index is 2.90. The summed E-state index contributed by atoms with van der Waals surface area (Å²) in [5, 5.41) is 0. The summed E-state index contributed by atoms with van der Waals surface area (Å²) in [5.74, 6) is -0.477. The quantitative estimate of drug-likeness (QED) is 0.774. The van der Waals surface area contributed by atoms with Crippen LogP contribution < -0.4 is 10.5 Å². The molecular weight excluding hydrogens is 219 g/mol. The highest BCUT2D eigenvalue weighted by atomic mass is 32.2. The molecule has 15 heavy (non-hydrogen) atoms. The molecule has 1 aromatic carbocycles. The van der Waals surface area contributed by atoms with Gasteiger partial charge in [-0.15, -0.1) is 0 Å². The molecule has 4 nitrogen and oxygen atoms in total. The van der Waals surface area contributed by atoms with E-state index in [4.69, 9.17) is 5.73 Å². The lowest BCUT2D eigenvalue weighted by atomic mass is 10.3. The van der Waals surface area contributed by atoms with Crippen molar-refractivity contribution in [3.63, 3.8) is 0 Å². The highest BCUT2D eigenvalue weighted by Gasteiger charge is 2.10. The first-order chi connectivity index (χ1) is 6.94. The third kappa shape index (κ3) is 3.39. The molecule has 1 rings (SSSR count). The lowest BCUT2D eigenvalue weighted by Crippen LogP contribution is -2.17. The second-order valence-electron chi connectivity index (χ2n) is 3.15. The second kappa shape index (κ2) is 4.48. The number of halogens is 1. The molecule has 3 N–H and O–H groups in total. The van der Waals surface area contributed by atoms with E-state index in [1.165, 1.54) is 6.07 Å². The number of nitrogens with two attached hydrogens (primary N) is 1. The summed E-state index contributed by atoms with van der Waals surface area (Å²) in [5.41, 5.74) is 5.75. The van der Waals surface area contributed by atoms with Crippen molar-refractivity contribution >= 4 is 21.4 Å². The van der Waals surface area contributed by atoms with Crippen LogP contribution in [-0.2, 0) is 10.0 Å². The van der Waals surface area contributed by atoms with Crippen LogP contribution in [0.5, 0.6) is 0 Å². The normalized spacial score (nSPS) is 11.3. The molecule has 0 heterocycles. The van der Waals surface area contributed by atoms with Crippen molar-refractivity contribution < 1.29 is 12.8 Å². The summed E-state index contributed by atoms with van der Waals surface area (Å²) in [7, 11) is -3.37. The highest BCUT2D eigenvalue weighted by molar-refractivity contribution is 7.92. The molecule has 0 saturated carbocycles. The van der Waals surface area contributed by atoms with E-state index in [-0.39, 0.29) is 17.1 Å². The van der Waals surface area contributed by atoms with Crippen LogP contribution in [0.25, 0.3) is 0 Å². The third-order valence-corrected chi connectivity index (χ3v) is 3.23. The standard InChI is InChI=1S/C9H13FN2O2S/c1-2-5-15(13,14)12-9-4-3-7(10)6-8(9)11/h3-4,6,12H,2,5,11H2,1H3. The molecule has 0 fully saturated rings. The molecule has 0 saturated heterocycles. The molecule has 6 heteroatoms. The van der Waals surface area contributed by atoms with Crippen LogP contribution in [0.15, 0.2) is 18.2 Å². The van der Waals surface area contributed by atoms with E-state index in [1.54, 1.807) is 6.92 Å². The number of rotatable bonds is 4. The van der Waals surface area contributed by atoms with Crippen LogP contribution in [0.2, 0.25) is 0 Å². The Labute approximate surface area is 88.3 Å². The van der Waals surface area contributed by atoms with Gasteiger partial charge in [-0.2, -0.15) is 0 Å². The summed E-state index contributed by atoms with van der Waals surface area (Å²) in [6.07, 6.45) is 0.510. The molecule has 1 aromatic rings. The Morgan fingerprint density at radius 1 is 1.47 bits per heavy atom. The van der Waals surface area contributed by atoms with Gasteiger partial charge in [0.1, 0.15) is 5.82 Å². The summed E-state index contributed by atoms with van der Waals surface area (Å²) in [6.45, 7) is 1.76. The van der Waals surface area contributed by atoms with Crippen molar-refractivity contribution in [1.29, 1.82) is 0 Å². The zero-order valence-corrected chi connectivity index (χ0v) is 9.14. The van der Waals surface area contributed by atoms with Gasteiger partial charge in [-0.3, -0.25) is 4.72 Å². The maximum Gasteiger partial charge on any atom is 0.232 e. The van der Waals surface area contributed by atoms with Gasteiger partial charge in [0.05, 0.1) is 17.1 Å². The van der Waals surface area contributed by atoms with E-state index in [9.17, 15) is 12.8 Å². The van der Waals surface area contributed by atoms with Crippen molar-refractivity contribution in [2.45, 2.75) is 13.3 Å². The van der Waals surface area contributed by atoms with Gasteiger partial charge >= 0.3 is 0 Å². The average molecular weight is 232 g/mol. The SMILES string of the molecule is CCCS(=O)(=O)Nc1ccc(F)cc1N. The van der Waals surface area contributed by atoms with Crippen molar-refractivity contribution in [3.05, 3.63) is 24.0 Å². The molecule has 0 aliphatic rings. The minimum absolute atomic E-state index is 0.0177. The Hall–Kier alpha value is -1.30. The summed E-state index contributed by atoms with van der Waals surface area (Å²) in [6, 6.07) is 3.53. The fourth-order valence-corrected chi connectivity index (χ4v) is 2.27. The number of hydrogen-bond acceptors (Lipinski definition) is 3. The maximum atomic E-state index is 12.7. The Morgan fingerprint density at radius 3 is 2.67 bits per heavy atom. The molecule has 84 valence electrons. The monoisotopic (exact) mass is 232 g/mol. The Kier molecular flexibility index (Phi) is 3.52. The molecule has 0 bridgehead atoms. The molecule has 0 radical (unpaired) electrons. The lowest BCUT2D eigenvalue weighted by Gasteiger charge is -2.09. The lowest BCUT2D eigenvalue weighted by molar-refractivity contribution is 0.599. The summed E-state index contributed by atoms with van der Waals surface area (Å²) < 4.78 is 37.7.